The second-order valence-electron chi connectivity index (χ2n) is 8.02. The van der Waals surface area contributed by atoms with Gasteiger partial charge < -0.3 is 9.88 Å². The summed E-state index contributed by atoms with van der Waals surface area (Å²) in [4.78, 5) is 47.4. The second kappa shape index (κ2) is 8.68. The van der Waals surface area contributed by atoms with Gasteiger partial charge in [0, 0.05) is 49.0 Å². The highest BCUT2D eigenvalue weighted by atomic mass is 32.1. The molecule has 1 N–H and O–H groups in total. The van der Waals surface area contributed by atoms with Crippen molar-refractivity contribution in [3.63, 3.8) is 0 Å². The van der Waals surface area contributed by atoms with Gasteiger partial charge in [0.2, 0.25) is 0 Å². The molecular formula is C22H24N6O2S. The molecule has 160 valence electrons. The minimum absolute atomic E-state index is 0.0757. The summed E-state index contributed by atoms with van der Waals surface area (Å²) in [6.45, 7) is 2.97. The number of aromatic nitrogens is 4. The van der Waals surface area contributed by atoms with Gasteiger partial charge in [-0.1, -0.05) is 6.07 Å². The van der Waals surface area contributed by atoms with Gasteiger partial charge in [-0.25, -0.2) is 9.97 Å². The van der Waals surface area contributed by atoms with Crippen LogP contribution in [0.1, 0.15) is 57.8 Å². The molecule has 0 aromatic carbocycles. The third kappa shape index (κ3) is 4.15. The fraction of sp³-hybridized carbons (Fsp3) is 0.409. The molecule has 2 aliphatic rings. The molecule has 2 aliphatic heterocycles. The van der Waals surface area contributed by atoms with E-state index in [0.717, 1.165) is 43.6 Å². The Balaban J connectivity index is 1.42. The van der Waals surface area contributed by atoms with E-state index in [1.54, 1.807) is 22.4 Å². The predicted molar refractivity (Wildman–Crippen MR) is 117 cm³/mol. The number of aromatic amines is 1. The van der Waals surface area contributed by atoms with Gasteiger partial charge >= 0.3 is 0 Å². The Morgan fingerprint density at radius 1 is 1.26 bits per heavy atom. The molecular weight excluding hydrogens is 412 g/mol. The van der Waals surface area contributed by atoms with E-state index in [9.17, 15) is 9.59 Å². The van der Waals surface area contributed by atoms with Gasteiger partial charge in [-0.05, 0) is 37.1 Å². The first-order valence-electron chi connectivity index (χ1n) is 10.6. The van der Waals surface area contributed by atoms with Gasteiger partial charge in [0.15, 0.2) is 0 Å². The first-order valence-corrected chi connectivity index (χ1v) is 11.5. The quantitative estimate of drug-likeness (QED) is 0.675. The first kappa shape index (κ1) is 20.0. The summed E-state index contributed by atoms with van der Waals surface area (Å²) in [6, 6.07) is 3.94. The molecule has 1 amide bonds. The van der Waals surface area contributed by atoms with Crippen molar-refractivity contribution in [2.45, 2.75) is 44.8 Å². The number of piperidine rings is 1. The van der Waals surface area contributed by atoms with Crippen molar-refractivity contribution in [2.24, 2.45) is 0 Å². The summed E-state index contributed by atoms with van der Waals surface area (Å²) in [5, 5.41) is 2.08. The van der Waals surface area contributed by atoms with E-state index >= 15 is 0 Å². The normalized spacial score (nSPS) is 19.2. The Kier molecular flexibility index (Phi) is 5.61. The van der Waals surface area contributed by atoms with Crippen LogP contribution in [0.25, 0.3) is 0 Å². The number of likely N-dealkylation sites (tertiary alicyclic amines) is 1. The molecule has 3 aromatic heterocycles. The SMILES string of the molecule is O=C(c1cnccn1)N1CCCC[C@H]1c1nc2c(c(=O)[nH]1)CCN(Cc1cccs1)C2. The molecule has 0 unspecified atom stereocenters. The summed E-state index contributed by atoms with van der Waals surface area (Å²) < 4.78 is 0. The average Bonchev–Trinajstić information content (AvgIpc) is 3.32. The van der Waals surface area contributed by atoms with E-state index < -0.39 is 0 Å². The lowest BCUT2D eigenvalue weighted by atomic mass is 9.99. The number of amides is 1. The smallest absolute Gasteiger partial charge is 0.274 e. The maximum Gasteiger partial charge on any atom is 0.274 e. The zero-order valence-corrected chi connectivity index (χ0v) is 18.0. The number of nitrogens with zero attached hydrogens (tertiary/aromatic N) is 5. The maximum atomic E-state index is 13.1. The van der Waals surface area contributed by atoms with Gasteiger partial charge in [-0.3, -0.25) is 19.5 Å². The topological polar surface area (TPSA) is 95.1 Å². The lowest BCUT2D eigenvalue weighted by Crippen LogP contribution is -2.41. The third-order valence-electron chi connectivity index (χ3n) is 5.99. The fourth-order valence-corrected chi connectivity index (χ4v) is 5.19. The second-order valence-corrected chi connectivity index (χ2v) is 9.05. The van der Waals surface area contributed by atoms with E-state index in [2.05, 4.69) is 37.4 Å². The lowest BCUT2D eigenvalue weighted by molar-refractivity contribution is 0.0592. The summed E-state index contributed by atoms with van der Waals surface area (Å²) in [6.07, 6.45) is 7.93. The van der Waals surface area contributed by atoms with Crippen molar-refractivity contribution >= 4 is 17.2 Å². The molecule has 0 aliphatic carbocycles. The highest BCUT2D eigenvalue weighted by molar-refractivity contribution is 7.09. The van der Waals surface area contributed by atoms with E-state index in [1.807, 2.05) is 0 Å². The standard InChI is InChI=1S/C22H24N6O2S/c29-21-16-6-10-27(13-15-4-3-11-31-15)14-18(16)25-20(26-21)19-5-1-2-9-28(19)22(30)17-12-23-7-8-24-17/h3-4,7-8,11-12,19H,1-2,5-6,9-10,13-14H2,(H,25,26,29)/t19-/m0/s1. The van der Waals surface area contributed by atoms with Crippen molar-refractivity contribution in [3.05, 3.63) is 74.1 Å². The molecule has 1 saturated heterocycles. The van der Waals surface area contributed by atoms with Crippen LogP contribution in [0.4, 0.5) is 0 Å². The molecule has 1 fully saturated rings. The Bertz CT molecular complexity index is 1110. The van der Waals surface area contributed by atoms with Crippen LogP contribution < -0.4 is 5.56 Å². The minimum Gasteiger partial charge on any atom is -0.327 e. The molecule has 5 heterocycles. The molecule has 0 radical (unpaired) electrons. The number of fused-ring (bicyclic) bond motifs is 1. The average molecular weight is 437 g/mol. The zero-order chi connectivity index (χ0) is 21.2. The third-order valence-corrected chi connectivity index (χ3v) is 6.85. The van der Waals surface area contributed by atoms with E-state index in [0.29, 0.717) is 31.0 Å². The maximum absolute atomic E-state index is 13.1. The molecule has 1 atom stereocenters. The van der Waals surface area contributed by atoms with Gasteiger partial charge in [0.25, 0.3) is 11.5 Å². The molecule has 3 aromatic rings. The molecule has 9 heteroatoms. The van der Waals surface area contributed by atoms with Crippen molar-refractivity contribution in [2.75, 3.05) is 13.1 Å². The Morgan fingerprint density at radius 3 is 3.00 bits per heavy atom. The summed E-state index contributed by atoms with van der Waals surface area (Å²) in [5.41, 5.74) is 1.85. The van der Waals surface area contributed by atoms with Gasteiger partial charge in [-0.2, -0.15) is 0 Å². The number of nitrogens with one attached hydrogen (secondary N) is 1. The highest BCUT2D eigenvalue weighted by Crippen LogP contribution is 2.30. The number of carbonyl (C=O) groups excluding carboxylic acids is 1. The van der Waals surface area contributed by atoms with Crippen LogP contribution in [0.15, 0.2) is 40.9 Å². The first-order chi connectivity index (χ1) is 15.2. The number of rotatable bonds is 4. The molecule has 5 rings (SSSR count). The van der Waals surface area contributed by atoms with E-state index in [1.165, 1.54) is 17.3 Å². The number of H-pyrrole nitrogens is 1. The van der Waals surface area contributed by atoms with Crippen LogP contribution >= 0.6 is 11.3 Å². The zero-order valence-electron chi connectivity index (χ0n) is 17.2. The van der Waals surface area contributed by atoms with Crippen molar-refractivity contribution in [1.82, 2.24) is 29.7 Å². The lowest BCUT2D eigenvalue weighted by Gasteiger charge is -2.35. The summed E-state index contributed by atoms with van der Waals surface area (Å²) in [7, 11) is 0. The Hall–Kier alpha value is -2.91. The molecule has 8 nitrogen and oxygen atoms in total. The van der Waals surface area contributed by atoms with Crippen LogP contribution in [-0.2, 0) is 19.5 Å². The minimum atomic E-state index is -0.256. The fourth-order valence-electron chi connectivity index (χ4n) is 4.44. The van der Waals surface area contributed by atoms with Gasteiger partial charge in [0.05, 0.1) is 17.9 Å². The predicted octanol–water partition coefficient (Wildman–Crippen LogP) is 2.55. The molecule has 0 saturated carbocycles. The number of thiophene rings is 1. The molecule has 0 bridgehead atoms. The summed E-state index contributed by atoms with van der Waals surface area (Å²) in [5.74, 6) is 0.413. The van der Waals surface area contributed by atoms with Crippen molar-refractivity contribution in [3.8, 4) is 0 Å². The molecule has 0 spiro atoms. The van der Waals surface area contributed by atoms with Crippen LogP contribution in [0, 0.1) is 0 Å². The Morgan fingerprint density at radius 2 is 2.19 bits per heavy atom. The van der Waals surface area contributed by atoms with E-state index in [4.69, 9.17) is 4.98 Å². The monoisotopic (exact) mass is 436 g/mol. The number of hydrogen-bond acceptors (Lipinski definition) is 7. The van der Waals surface area contributed by atoms with Crippen LogP contribution in [0.5, 0.6) is 0 Å². The number of carbonyl (C=O) groups is 1. The summed E-state index contributed by atoms with van der Waals surface area (Å²) >= 11 is 1.74. The van der Waals surface area contributed by atoms with Gasteiger partial charge in [0.1, 0.15) is 11.5 Å². The van der Waals surface area contributed by atoms with E-state index in [-0.39, 0.29) is 17.5 Å². The van der Waals surface area contributed by atoms with Crippen molar-refractivity contribution < 1.29 is 4.79 Å². The van der Waals surface area contributed by atoms with Crippen LogP contribution in [0.2, 0.25) is 0 Å². The number of hydrogen-bond donors (Lipinski definition) is 1. The Labute approximate surface area is 184 Å². The largest absolute Gasteiger partial charge is 0.327 e. The van der Waals surface area contributed by atoms with Crippen LogP contribution in [0.3, 0.4) is 0 Å². The van der Waals surface area contributed by atoms with Crippen LogP contribution in [-0.4, -0.2) is 48.7 Å². The molecule has 31 heavy (non-hydrogen) atoms. The van der Waals surface area contributed by atoms with Gasteiger partial charge in [-0.15, -0.1) is 11.3 Å². The van der Waals surface area contributed by atoms with Crippen molar-refractivity contribution in [1.29, 1.82) is 0 Å². The highest BCUT2D eigenvalue weighted by Gasteiger charge is 2.32.